The highest BCUT2D eigenvalue weighted by atomic mass is 16.5. The molecule has 0 aromatic heterocycles. The third-order valence-corrected chi connectivity index (χ3v) is 3.51. The second kappa shape index (κ2) is 8.70. The second-order valence-corrected chi connectivity index (χ2v) is 4.83. The van der Waals surface area contributed by atoms with Gasteiger partial charge in [-0.2, -0.15) is 5.26 Å². The number of nitrogens with zero attached hydrogens (tertiary/aromatic N) is 2. The van der Waals surface area contributed by atoms with Crippen LogP contribution in [0.1, 0.15) is 25.8 Å². The summed E-state index contributed by atoms with van der Waals surface area (Å²) >= 11 is 0. The van der Waals surface area contributed by atoms with Gasteiger partial charge in [-0.15, -0.1) is 0 Å². The number of nitrogens with two attached hydrogens (primary N) is 1. The number of rotatable bonds is 9. The molecule has 1 rings (SSSR count). The smallest absolute Gasteiger partial charge is 0.131 e. The Morgan fingerprint density at radius 1 is 1.25 bits per heavy atom. The Hall–Kier alpha value is -1.41. The van der Waals surface area contributed by atoms with Crippen LogP contribution in [-0.2, 0) is 10.3 Å². The van der Waals surface area contributed by atoms with Crippen LogP contribution in [0.25, 0.3) is 0 Å². The first-order chi connectivity index (χ1) is 9.66. The molecule has 1 aromatic carbocycles. The molecule has 0 saturated heterocycles. The van der Waals surface area contributed by atoms with Crippen molar-refractivity contribution < 1.29 is 4.74 Å². The molecule has 0 fully saturated rings. The van der Waals surface area contributed by atoms with E-state index in [4.69, 9.17) is 10.5 Å². The molecule has 0 radical (unpaired) electrons. The Balaban J connectivity index is 2.58. The number of hydrogen-bond donors (Lipinski definition) is 1. The van der Waals surface area contributed by atoms with E-state index >= 15 is 0 Å². The van der Waals surface area contributed by atoms with Gasteiger partial charge in [-0.3, -0.25) is 0 Å². The van der Waals surface area contributed by atoms with E-state index in [2.05, 4.69) is 17.9 Å². The Labute approximate surface area is 122 Å². The van der Waals surface area contributed by atoms with Crippen molar-refractivity contribution in [2.45, 2.75) is 25.8 Å². The largest absolute Gasteiger partial charge is 0.380 e. The van der Waals surface area contributed by atoms with Crippen LogP contribution in [0.2, 0.25) is 0 Å². The Kier molecular flexibility index (Phi) is 7.24. The molecular weight excluding hydrogens is 250 g/mol. The first-order valence-electron chi connectivity index (χ1n) is 7.22. The summed E-state index contributed by atoms with van der Waals surface area (Å²) in [5.41, 5.74) is 6.22. The molecule has 110 valence electrons. The van der Waals surface area contributed by atoms with E-state index in [9.17, 15) is 5.26 Å². The summed E-state index contributed by atoms with van der Waals surface area (Å²) in [4.78, 5) is 2.26. The third kappa shape index (κ3) is 4.93. The maximum absolute atomic E-state index is 9.42. The summed E-state index contributed by atoms with van der Waals surface area (Å²) in [5.74, 6) is 0. The van der Waals surface area contributed by atoms with Crippen LogP contribution in [-0.4, -0.2) is 37.7 Å². The first-order valence-corrected chi connectivity index (χ1v) is 7.22. The molecule has 20 heavy (non-hydrogen) atoms. The lowest BCUT2D eigenvalue weighted by molar-refractivity contribution is 0.113. The lowest BCUT2D eigenvalue weighted by Gasteiger charge is -2.27. The zero-order valence-corrected chi connectivity index (χ0v) is 12.5. The van der Waals surface area contributed by atoms with Gasteiger partial charge in [0.2, 0.25) is 0 Å². The fourth-order valence-electron chi connectivity index (χ4n) is 2.10. The standard InChI is InChI=1S/C16H25N3O/c1-3-19(12-13-20-4-2)11-10-16(18,14-17)15-8-6-5-7-9-15/h5-9H,3-4,10-13,18H2,1-2H3. The molecule has 4 heteroatoms. The van der Waals surface area contributed by atoms with Crippen LogP contribution in [0.15, 0.2) is 30.3 Å². The van der Waals surface area contributed by atoms with E-state index in [0.717, 1.165) is 38.4 Å². The van der Waals surface area contributed by atoms with E-state index in [1.165, 1.54) is 0 Å². The molecule has 4 nitrogen and oxygen atoms in total. The summed E-state index contributed by atoms with van der Waals surface area (Å²) in [5, 5.41) is 9.42. The molecule has 0 aliphatic rings. The van der Waals surface area contributed by atoms with Crippen molar-refractivity contribution >= 4 is 0 Å². The molecule has 0 heterocycles. The van der Waals surface area contributed by atoms with Crippen molar-refractivity contribution in [2.24, 2.45) is 5.73 Å². The maximum Gasteiger partial charge on any atom is 0.131 e. The SMILES string of the molecule is CCOCCN(CC)CCC(N)(C#N)c1ccccc1. The second-order valence-electron chi connectivity index (χ2n) is 4.83. The van der Waals surface area contributed by atoms with Gasteiger partial charge in [0.15, 0.2) is 0 Å². The molecule has 0 spiro atoms. The van der Waals surface area contributed by atoms with Crippen molar-refractivity contribution in [3.05, 3.63) is 35.9 Å². The van der Waals surface area contributed by atoms with E-state index in [1.807, 2.05) is 37.3 Å². The van der Waals surface area contributed by atoms with Crippen LogP contribution < -0.4 is 5.73 Å². The van der Waals surface area contributed by atoms with E-state index in [0.29, 0.717) is 6.42 Å². The number of ether oxygens (including phenoxy) is 1. The average Bonchev–Trinajstić information content (AvgIpc) is 2.51. The van der Waals surface area contributed by atoms with Crippen molar-refractivity contribution in [1.29, 1.82) is 5.26 Å². The fourth-order valence-corrected chi connectivity index (χ4v) is 2.10. The minimum absolute atomic E-state index is 0.619. The minimum atomic E-state index is -0.916. The summed E-state index contributed by atoms with van der Waals surface area (Å²) in [7, 11) is 0. The number of likely N-dealkylation sites (N-methyl/N-ethyl adjacent to an activating group) is 1. The molecule has 0 amide bonds. The monoisotopic (exact) mass is 275 g/mol. The normalized spacial score (nSPS) is 13.9. The van der Waals surface area contributed by atoms with Gasteiger partial charge in [-0.1, -0.05) is 37.3 Å². The van der Waals surface area contributed by atoms with E-state index in [1.54, 1.807) is 0 Å². The van der Waals surface area contributed by atoms with Gasteiger partial charge >= 0.3 is 0 Å². The highest BCUT2D eigenvalue weighted by molar-refractivity contribution is 5.30. The molecular formula is C16H25N3O. The molecule has 2 N–H and O–H groups in total. The lowest BCUT2D eigenvalue weighted by atomic mass is 9.89. The van der Waals surface area contributed by atoms with E-state index < -0.39 is 5.54 Å². The molecule has 1 unspecified atom stereocenters. The van der Waals surface area contributed by atoms with Crippen molar-refractivity contribution in [3.63, 3.8) is 0 Å². The molecule has 0 saturated carbocycles. The van der Waals surface area contributed by atoms with Gasteiger partial charge in [0.05, 0.1) is 12.7 Å². The van der Waals surface area contributed by atoms with E-state index in [-0.39, 0.29) is 0 Å². The fraction of sp³-hybridized carbons (Fsp3) is 0.562. The van der Waals surface area contributed by atoms with Crippen LogP contribution >= 0.6 is 0 Å². The molecule has 1 aromatic rings. The topological polar surface area (TPSA) is 62.3 Å². The zero-order valence-electron chi connectivity index (χ0n) is 12.5. The predicted molar refractivity (Wildman–Crippen MR) is 81.1 cm³/mol. The van der Waals surface area contributed by atoms with Crippen LogP contribution in [0.5, 0.6) is 0 Å². The summed E-state index contributed by atoms with van der Waals surface area (Å²) in [6.45, 7) is 8.16. The van der Waals surface area contributed by atoms with Crippen molar-refractivity contribution in [3.8, 4) is 6.07 Å². The Morgan fingerprint density at radius 2 is 1.95 bits per heavy atom. The van der Waals surface area contributed by atoms with Gasteiger partial charge in [0.1, 0.15) is 5.54 Å². The Morgan fingerprint density at radius 3 is 2.50 bits per heavy atom. The van der Waals surface area contributed by atoms with Crippen molar-refractivity contribution in [2.75, 3.05) is 32.8 Å². The van der Waals surface area contributed by atoms with Gasteiger partial charge in [-0.05, 0) is 25.5 Å². The summed E-state index contributed by atoms with van der Waals surface area (Å²) < 4.78 is 5.37. The lowest BCUT2D eigenvalue weighted by Crippen LogP contribution is -2.40. The summed E-state index contributed by atoms with van der Waals surface area (Å²) in [6, 6.07) is 11.9. The first kappa shape index (κ1) is 16.6. The number of nitriles is 1. The van der Waals surface area contributed by atoms with Gasteiger partial charge in [0.25, 0.3) is 0 Å². The Bertz CT molecular complexity index is 415. The van der Waals surface area contributed by atoms with Gasteiger partial charge < -0.3 is 15.4 Å². The van der Waals surface area contributed by atoms with Crippen LogP contribution in [0.3, 0.4) is 0 Å². The minimum Gasteiger partial charge on any atom is -0.380 e. The quantitative estimate of drug-likeness (QED) is 0.701. The highest BCUT2D eigenvalue weighted by Gasteiger charge is 2.27. The van der Waals surface area contributed by atoms with Crippen LogP contribution in [0, 0.1) is 11.3 Å². The van der Waals surface area contributed by atoms with Gasteiger partial charge in [-0.25, -0.2) is 0 Å². The third-order valence-electron chi connectivity index (χ3n) is 3.51. The number of hydrogen-bond acceptors (Lipinski definition) is 4. The van der Waals surface area contributed by atoms with Crippen molar-refractivity contribution in [1.82, 2.24) is 4.90 Å². The maximum atomic E-state index is 9.42. The summed E-state index contributed by atoms with van der Waals surface area (Å²) in [6.07, 6.45) is 0.619. The molecule has 1 atom stereocenters. The highest BCUT2D eigenvalue weighted by Crippen LogP contribution is 2.21. The molecule has 0 aliphatic heterocycles. The molecule has 0 bridgehead atoms. The molecule has 0 aliphatic carbocycles. The average molecular weight is 275 g/mol. The van der Waals surface area contributed by atoms with Crippen LogP contribution in [0.4, 0.5) is 0 Å². The number of benzene rings is 1. The van der Waals surface area contributed by atoms with Gasteiger partial charge in [0, 0.05) is 19.7 Å². The zero-order chi connectivity index (χ0) is 14.8. The predicted octanol–water partition coefficient (Wildman–Crippen LogP) is 2.11.